The van der Waals surface area contributed by atoms with Crippen LogP contribution in [0.15, 0.2) is 41.3 Å². The molecule has 20 heavy (non-hydrogen) atoms. The highest BCUT2D eigenvalue weighted by Crippen LogP contribution is 2.23. The summed E-state index contributed by atoms with van der Waals surface area (Å²) in [5.41, 5.74) is 5.10. The number of anilines is 2. The number of halogens is 3. The molecule has 0 atom stereocenters. The van der Waals surface area contributed by atoms with E-state index in [1.807, 2.05) is 0 Å². The van der Waals surface area contributed by atoms with Gasteiger partial charge < -0.3 is 5.73 Å². The van der Waals surface area contributed by atoms with Crippen molar-refractivity contribution in [2.75, 3.05) is 10.5 Å². The normalized spacial score (nSPS) is 11.3. The Balaban J connectivity index is 2.40. The van der Waals surface area contributed by atoms with Gasteiger partial charge in [0.2, 0.25) is 0 Å². The smallest absolute Gasteiger partial charge is 0.264 e. The first-order valence-corrected chi connectivity index (χ1v) is 7.89. The van der Waals surface area contributed by atoms with Crippen LogP contribution in [0.25, 0.3) is 0 Å². The van der Waals surface area contributed by atoms with Gasteiger partial charge in [-0.2, -0.15) is 0 Å². The molecule has 0 aliphatic heterocycles. The minimum atomic E-state index is -4.17. The van der Waals surface area contributed by atoms with Crippen LogP contribution in [0.1, 0.15) is 0 Å². The van der Waals surface area contributed by atoms with Crippen LogP contribution < -0.4 is 10.5 Å². The molecule has 0 fully saturated rings. The number of rotatable bonds is 3. The molecular formula is C12H9F2IN2O2S. The Labute approximate surface area is 128 Å². The van der Waals surface area contributed by atoms with E-state index in [2.05, 4.69) is 27.3 Å². The van der Waals surface area contributed by atoms with Gasteiger partial charge in [0.15, 0.2) is 0 Å². The van der Waals surface area contributed by atoms with Crippen LogP contribution >= 0.6 is 22.6 Å². The molecule has 0 amide bonds. The quantitative estimate of drug-likeness (QED) is 0.604. The third-order valence-electron chi connectivity index (χ3n) is 2.44. The maximum atomic E-state index is 13.6. The van der Waals surface area contributed by atoms with E-state index in [0.717, 1.165) is 9.64 Å². The largest absolute Gasteiger partial charge is 0.396 e. The summed E-state index contributed by atoms with van der Waals surface area (Å²) in [5.74, 6) is -2.20. The van der Waals surface area contributed by atoms with E-state index >= 15 is 0 Å². The second-order valence-corrected chi connectivity index (χ2v) is 6.81. The fraction of sp³-hybridized carbons (Fsp3) is 0. The first-order valence-electron chi connectivity index (χ1n) is 5.32. The Morgan fingerprint density at radius 2 is 1.65 bits per heavy atom. The Kier molecular flexibility index (Phi) is 4.14. The van der Waals surface area contributed by atoms with Gasteiger partial charge in [-0.1, -0.05) is 0 Å². The highest BCUT2D eigenvalue weighted by Gasteiger charge is 2.21. The monoisotopic (exact) mass is 410 g/mol. The third kappa shape index (κ3) is 3.18. The van der Waals surface area contributed by atoms with Gasteiger partial charge in [0.05, 0.1) is 5.69 Å². The molecule has 0 unspecified atom stereocenters. The summed E-state index contributed by atoms with van der Waals surface area (Å²) in [6.45, 7) is 0. The molecule has 0 aromatic heterocycles. The summed E-state index contributed by atoms with van der Waals surface area (Å²) in [4.78, 5) is -0.699. The average Bonchev–Trinajstić information content (AvgIpc) is 2.36. The Hall–Kier alpha value is -1.42. The van der Waals surface area contributed by atoms with Gasteiger partial charge in [0, 0.05) is 15.3 Å². The average molecular weight is 410 g/mol. The molecule has 0 aliphatic carbocycles. The number of nitrogen functional groups attached to an aromatic ring is 1. The fourth-order valence-electron chi connectivity index (χ4n) is 1.48. The van der Waals surface area contributed by atoms with E-state index in [1.54, 1.807) is 12.1 Å². The molecule has 3 N–H and O–H groups in total. The highest BCUT2D eigenvalue weighted by molar-refractivity contribution is 14.1. The number of benzene rings is 2. The number of hydrogen-bond acceptors (Lipinski definition) is 3. The molecule has 0 aliphatic rings. The Morgan fingerprint density at radius 1 is 1.05 bits per heavy atom. The van der Waals surface area contributed by atoms with Crippen LogP contribution in [0.2, 0.25) is 0 Å². The van der Waals surface area contributed by atoms with Crippen LogP contribution in [-0.4, -0.2) is 8.42 Å². The van der Waals surface area contributed by atoms with Crippen LogP contribution in [0.5, 0.6) is 0 Å². The zero-order valence-electron chi connectivity index (χ0n) is 9.90. The number of sulfonamides is 1. The van der Waals surface area contributed by atoms with E-state index in [4.69, 9.17) is 5.73 Å². The maximum absolute atomic E-state index is 13.6. The molecule has 106 valence electrons. The van der Waals surface area contributed by atoms with Crippen molar-refractivity contribution >= 4 is 44.0 Å². The SMILES string of the molecule is Nc1cc(S(=O)(=O)Nc2ccc(I)cc2)c(F)cc1F. The summed E-state index contributed by atoms with van der Waals surface area (Å²) in [5, 5.41) is 0. The predicted molar refractivity (Wildman–Crippen MR) is 80.7 cm³/mol. The molecule has 0 saturated heterocycles. The molecule has 4 nitrogen and oxygen atoms in total. The minimum absolute atomic E-state index is 0.271. The molecule has 2 aromatic carbocycles. The van der Waals surface area contributed by atoms with E-state index < -0.39 is 32.2 Å². The van der Waals surface area contributed by atoms with Crippen molar-refractivity contribution in [1.29, 1.82) is 0 Å². The van der Waals surface area contributed by atoms with E-state index in [-0.39, 0.29) is 5.69 Å². The summed E-state index contributed by atoms with van der Waals surface area (Å²) in [6.07, 6.45) is 0. The van der Waals surface area contributed by atoms with Crippen LogP contribution in [0, 0.1) is 15.2 Å². The Bertz CT molecular complexity index is 749. The van der Waals surface area contributed by atoms with Gasteiger partial charge in [-0.25, -0.2) is 17.2 Å². The zero-order chi connectivity index (χ0) is 14.9. The van der Waals surface area contributed by atoms with Crippen LogP contribution in [0.3, 0.4) is 0 Å². The lowest BCUT2D eigenvalue weighted by molar-refractivity contribution is 0.553. The third-order valence-corrected chi connectivity index (χ3v) is 4.55. The second kappa shape index (κ2) is 5.52. The fourth-order valence-corrected chi connectivity index (χ4v) is 2.99. The molecule has 0 saturated carbocycles. The highest BCUT2D eigenvalue weighted by atomic mass is 127. The number of hydrogen-bond donors (Lipinski definition) is 2. The van der Waals surface area contributed by atoms with Gasteiger partial charge >= 0.3 is 0 Å². The lowest BCUT2D eigenvalue weighted by Gasteiger charge is -2.10. The first-order chi connectivity index (χ1) is 9.29. The van der Waals surface area contributed by atoms with Crippen molar-refractivity contribution in [2.24, 2.45) is 0 Å². The van der Waals surface area contributed by atoms with Gasteiger partial charge in [-0.15, -0.1) is 0 Å². The van der Waals surface area contributed by atoms with Crippen molar-refractivity contribution in [2.45, 2.75) is 4.90 Å². The lowest BCUT2D eigenvalue weighted by Crippen LogP contribution is -2.15. The van der Waals surface area contributed by atoms with E-state index in [1.165, 1.54) is 12.1 Å². The van der Waals surface area contributed by atoms with Gasteiger partial charge in [-0.3, -0.25) is 4.72 Å². The number of nitrogens with two attached hydrogens (primary N) is 1. The summed E-state index contributed by atoms with van der Waals surface area (Å²) in [6, 6.07) is 7.63. The van der Waals surface area contributed by atoms with Gasteiger partial charge in [0.25, 0.3) is 10.0 Å². The molecule has 2 aromatic rings. The molecule has 0 spiro atoms. The molecule has 8 heteroatoms. The number of nitrogens with one attached hydrogen (secondary N) is 1. The van der Waals surface area contributed by atoms with Crippen molar-refractivity contribution < 1.29 is 17.2 Å². The molecule has 0 heterocycles. The van der Waals surface area contributed by atoms with Crippen molar-refractivity contribution in [3.63, 3.8) is 0 Å². The molecule has 0 radical (unpaired) electrons. The summed E-state index contributed by atoms with van der Waals surface area (Å²) < 4.78 is 53.8. The van der Waals surface area contributed by atoms with Crippen LogP contribution in [0.4, 0.5) is 20.2 Å². The van der Waals surface area contributed by atoms with Crippen molar-refractivity contribution in [3.05, 3.63) is 51.6 Å². The zero-order valence-corrected chi connectivity index (χ0v) is 12.9. The topological polar surface area (TPSA) is 72.2 Å². The predicted octanol–water partition coefficient (Wildman–Crippen LogP) is 2.95. The summed E-state index contributed by atoms with van der Waals surface area (Å²) >= 11 is 2.06. The van der Waals surface area contributed by atoms with Crippen LogP contribution in [-0.2, 0) is 10.0 Å². The van der Waals surface area contributed by atoms with Gasteiger partial charge in [0.1, 0.15) is 16.5 Å². The minimum Gasteiger partial charge on any atom is -0.396 e. The van der Waals surface area contributed by atoms with Gasteiger partial charge in [-0.05, 0) is 52.9 Å². The molecular weight excluding hydrogens is 401 g/mol. The first kappa shape index (κ1) is 15.0. The van der Waals surface area contributed by atoms with E-state index in [0.29, 0.717) is 6.07 Å². The van der Waals surface area contributed by atoms with E-state index in [9.17, 15) is 17.2 Å². The second-order valence-electron chi connectivity index (χ2n) is 3.92. The van der Waals surface area contributed by atoms with Crippen molar-refractivity contribution in [1.82, 2.24) is 0 Å². The lowest BCUT2D eigenvalue weighted by atomic mass is 10.3. The van der Waals surface area contributed by atoms with Crippen molar-refractivity contribution in [3.8, 4) is 0 Å². The maximum Gasteiger partial charge on any atom is 0.264 e. The molecule has 0 bridgehead atoms. The summed E-state index contributed by atoms with van der Waals surface area (Å²) in [7, 11) is -4.17. The standard InChI is InChI=1S/C12H9F2IN2O2S/c13-9-5-10(14)12(6-11(9)16)20(18,19)17-8-3-1-7(15)2-4-8/h1-6,17H,16H2. The molecule has 2 rings (SSSR count). The Morgan fingerprint density at radius 3 is 2.25 bits per heavy atom.